The Morgan fingerprint density at radius 3 is 2.45 bits per heavy atom. The van der Waals surface area contributed by atoms with Crippen LogP contribution in [0.3, 0.4) is 0 Å². The van der Waals surface area contributed by atoms with Crippen molar-refractivity contribution in [3.63, 3.8) is 0 Å². The van der Waals surface area contributed by atoms with Crippen LogP contribution in [0.15, 0.2) is 30.3 Å². The van der Waals surface area contributed by atoms with Gasteiger partial charge in [0, 0.05) is 10.9 Å². The Labute approximate surface area is 131 Å². The maximum absolute atomic E-state index is 13.4. The van der Waals surface area contributed by atoms with Gasteiger partial charge in [0.15, 0.2) is 0 Å². The largest absolute Gasteiger partial charge is 0.488 e. The van der Waals surface area contributed by atoms with Crippen molar-refractivity contribution in [3.8, 4) is 5.75 Å². The molecule has 0 saturated heterocycles. The summed E-state index contributed by atoms with van der Waals surface area (Å²) in [5.41, 5.74) is 3.98. The van der Waals surface area contributed by atoms with Gasteiger partial charge in [-0.25, -0.2) is 4.39 Å². The quantitative estimate of drug-likeness (QED) is 0.650. The molecule has 0 amide bonds. The van der Waals surface area contributed by atoms with Crippen molar-refractivity contribution in [1.82, 2.24) is 0 Å². The number of halogens is 3. The first-order valence-electron chi connectivity index (χ1n) is 6.24. The molecule has 0 bridgehead atoms. The van der Waals surface area contributed by atoms with Crippen LogP contribution in [0, 0.1) is 19.7 Å². The molecule has 4 heteroatoms. The molecule has 2 rings (SSSR count). The zero-order valence-electron chi connectivity index (χ0n) is 11.3. The van der Waals surface area contributed by atoms with Crippen molar-refractivity contribution >= 4 is 27.5 Å². The van der Waals surface area contributed by atoms with Gasteiger partial charge in [0.1, 0.15) is 18.2 Å². The van der Waals surface area contributed by atoms with Gasteiger partial charge in [0.2, 0.25) is 0 Å². The Morgan fingerprint density at radius 1 is 1.20 bits per heavy atom. The second-order valence-corrected chi connectivity index (χ2v) is 5.63. The zero-order valence-corrected chi connectivity index (χ0v) is 13.7. The summed E-state index contributed by atoms with van der Waals surface area (Å²) in [6.07, 6.45) is 0. The number of alkyl halides is 1. The van der Waals surface area contributed by atoms with E-state index in [0.717, 1.165) is 22.2 Å². The first kappa shape index (κ1) is 15.3. The van der Waals surface area contributed by atoms with Crippen LogP contribution < -0.4 is 4.74 Å². The molecule has 0 atom stereocenters. The Morgan fingerprint density at radius 2 is 1.85 bits per heavy atom. The van der Waals surface area contributed by atoms with Gasteiger partial charge in [-0.15, -0.1) is 0 Å². The molecule has 106 valence electrons. The molecule has 0 aliphatic rings. The summed E-state index contributed by atoms with van der Waals surface area (Å²) in [7, 11) is 0. The molecule has 1 nitrogen and oxygen atoms in total. The van der Waals surface area contributed by atoms with Gasteiger partial charge in [-0.3, -0.25) is 0 Å². The Balaban J connectivity index is 2.21. The molecule has 2 aromatic rings. The fourth-order valence-electron chi connectivity index (χ4n) is 2.15. The molecular formula is C16H15BrClFO. The number of hydrogen-bond acceptors (Lipinski definition) is 1. The smallest absolute Gasteiger partial charge is 0.142 e. The number of benzene rings is 2. The SMILES string of the molecule is Cc1cc(CBr)cc(C)c1OCc1cccc(F)c1Cl. The van der Waals surface area contributed by atoms with Crippen LogP contribution in [0.2, 0.25) is 5.02 Å². The van der Waals surface area contributed by atoms with Crippen LogP contribution in [-0.2, 0) is 11.9 Å². The first-order chi connectivity index (χ1) is 9.52. The van der Waals surface area contributed by atoms with E-state index >= 15 is 0 Å². The average molecular weight is 358 g/mol. The molecule has 2 aromatic carbocycles. The standard InChI is InChI=1S/C16H15BrClFO/c1-10-6-12(8-17)7-11(2)16(10)20-9-13-4-3-5-14(19)15(13)18/h3-7H,8-9H2,1-2H3. The number of ether oxygens (including phenoxy) is 1. The summed E-state index contributed by atoms with van der Waals surface area (Å²) in [4.78, 5) is 0. The molecule has 0 spiro atoms. The molecule has 0 heterocycles. The summed E-state index contributed by atoms with van der Waals surface area (Å²) in [5, 5.41) is 0.935. The van der Waals surface area contributed by atoms with Crippen molar-refractivity contribution in [2.45, 2.75) is 25.8 Å². The predicted molar refractivity (Wildman–Crippen MR) is 84.3 cm³/mol. The Kier molecular flexibility index (Phi) is 5.06. The average Bonchev–Trinajstić information content (AvgIpc) is 2.42. The van der Waals surface area contributed by atoms with Crippen LogP contribution in [0.5, 0.6) is 5.75 Å². The van der Waals surface area contributed by atoms with Crippen LogP contribution in [-0.4, -0.2) is 0 Å². The molecule has 0 aliphatic heterocycles. The highest BCUT2D eigenvalue weighted by atomic mass is 79.9. The summed E-state index contributed by atoms with van der Waals surface area (Å²) in [6.45, 7) is 4.26. The van der Waals surface area contributed by atoms with E-state index in [0.29, 0.717) is 5.56 Å². The van der Waals surface area contributed by atoms with E-state index in [2.05, 4.69) is 28.1 Å². The zero-order chi connectivity index (χ0) is 14.7. The molecule has 0 saturated carbocycles. The lowest BCUT2D eigenvalue weighted by molar-refractivity contribution is 0.301. The van der Waals surface area contributed by atoms with Gasteiger partial charge in [-0.1, -0.05) is 51.8 Å². The molecule has 0 aliphatic carbocycles. The highest BCUT2D eigenvalue weighted by Gasteiger charge is 2.09. The lowest BCUT2D eigenvalue weighted by Crippen LogP contribution is -2.01. The summed E-state index contributed by atoms with van der Waals surface area (Å²) < 4.78 is 19.2. The Hall–Kier alpha value is -1.06. The van der Waals surface area contributed by atoms with Crippen molar-refractivity contribution in [1.29, 1.82) is 0 Å². The summed E-state index contributed by atoms with van der Waals surface area (Å²) in [6, 6.07) is 8.89. The topological polar surface area (TPSA) is 9.23 Å². The second kappa shape index (κ2) is 6.59. The second-order valence-electron chi connectivity index (χ2n) is 4.69. The molecule has 0 radical (unpaired) electrons. The lowest BCUT2D eigenvalue weighted by Gasteiger charge is -2.14. The molecule has 0 N–H and O–H groups in total. The van der Waals surface area contributed by atoms with Crippen LogP contribution in [0.1, 0.15) is 22.3 Å². The van der Waals surface area contributed by atoms with Crippen LogP contribution in [0.4, 0.5) is 4.39 Å². The fourth-order valence-corrected chi connectivity index (χ4v) is 2.66. The third kappa shape index (κ3) is 3.33. The van der Waals surface area contributed by atoms with E-state index in [9.17, 15) is 4.39 Å². The van der Waals surface area contributed by atoms with Gasteiger partial charge >= 0.3 is 0 Å². The molecule has 0 aromatic heterocycles. The molecule has 20 heavy (non-hydrogen) atoms. The van der Waals surface area contributed by atoms with Crippen molar-refractivity contribution in [2.75, 3.05) is 0 Å². The van der Waals surface area contributed by atoms with E-state index in [-0.39, 0.29) is 11.6 Å². The van der Waals surface area contributed by atoms with E-state index in [1.54, 1.807) is 12.1 Å². The maximum atomic E-state index is 13.4. The summed E-state index contributed by atoms with van der Waals surface area (Å²) >= 11 is 9.37. The number of hydrogen-bond donors (Lipinski definition) is 0. The normalized spacial score (nSPS) is 10.7. The highest BCUT2D eigenvalue weighted by molar-refractivity contribution is 9.08. The third-order valence-electron chi connectivity index (χ3n) is 3.08. The van der Waals surface area contributed by atoms with Gasteiger partial charge in [-0.2, -0.15) is 0 Å². The van der Waals surface area contributed by atoms with Crippen LogP contribution >= 0.6 is 27.5 Å². The number of aryl methyl sites for hydroxylation is 2. The van der Waals surface area contributed by atoms with Gasteiger partial charge in [-0.05, 0) is 36.6 Å². The lowest BCUT2D eigenvalue weighted by atomic mass is 10.1. The Bertz CT molecular complexity index is 605. The van der Waals surface area contributed by atoms with Crippen molar-refractivity contribution in [3.05, 3.63) is 63.4 Å². The fraction of sp³-hybridized carbons (Fsp3) is 0.250. The molecule has 0 fully saturated rings. The maximum Gasteiger partial charge on any atom is 0.142 e. The predicted octanol–water partition coefficient (Wildman–Crippen LogP) is 5.57. The van der Waals surface area contributed by atoms with E-state index in [1.165, 1.54) is 11.6 Å². The first-order valence-corrected chi connectivity index (χ1v) is 7.74. The van der Waals surface area contributed by atoms with Crippen molar-refractivity contribution in [2.24, 2.45) is 0 Å². The summed E-state index contributed by atoms with van der Waals surface area (Å²) in [5.74, 6) is 0.408. The van der Waals surface area contributed by atoms with E-state index < -0.39 is 5.82 Å². The van der Waals surface area contributed by atoms with Crippen LogP contribution in [0.25, 0.3) is 0 Å². The minimum Gasteiger partial charge on any atom is -0.488 e. The van der Waals surface area contributed by atoms with Crippen molar-refractivity contribution < 1.29 is 9.13 Å². The number of rotatable bonds is 4. The van der Waals surface area contributed by atoms with E-state index in [1.807, 2.05) is 13.8 Å². The highest BCUT2D eigenvalue weighted by Crippen LogP contribution is 2.28. The van der Waals surface area contributed by atoms with Gasteiger partial charge in [0.25, 0.3) is 0 Å². The molecular weight excluding hydrogens is 343 g/mol. The third-order valence-corrected chi connectivity index (χ3v) is 4.15. The molecule has 0 unspecified atom stereocenters. The van der Waals surface area contributed by atoms with Gasteiger partial charge < -0.3 is 4.74 Å². The van der Waals surface area contributed by atoms with Gasteiger partial charge in [0.05, 0.1) is 5.02 Å². The van der Waals surface area contributed by atoms with E-state index in [4.69, 9.17) is 16.3 Å². The minimum atomic E-state index is -0.421. The monoisotopic (exact) mass is 356 g/mol. The minimum absolute atomic E-state index is 0.125.